The Labute approximate surface area is 259 Å². The third kappa shape index (κ3) is 6.87. The van der Waals surface area contributed by atoms with Crippen LogP contribution >= 0.6 is 0 Å². The van der Waals surface area contributed by atoms with Crippen LogP contribution in [0, 0.1) is 11.8 Å². The Bertz CT molecular complexity index is 1200. The van der Waals surface area contributed by atoms with E-state index in [1.54, 1.807) is 40.7 Å². The first-order valence-corrected chi connectivity index (χ1v) is 15.7. The summed E-state index contributed by atoms with van der Waals surface area (Å²) >= 11 is 0. The second-order valence-corrected chi connectivity index (χ2v) is 12.4. The molecule has 1 saturated heterocycles. The van der Waals surface area contributed by atoms with E-state index in [0.29, 0.717) is 23.1 Å². The predicted molar refractivity (Wildman–Crippen MR) is 158 cm³/mol. The molecule has 246 valence electrons. The van der Waals surface area contributed by atoms with Crippen molar-refractivity contribution in [1.29, 1.82) is 0 Å². The lowest BCUT2D eigenvalue weighted by atomic mass is 9.78. The van der Waals surface area contributed by atoms with Crippen LogP contribution in [0.15, 0.2) is 22.8 Å². The molecule has 2 aliphatic carbocycles. The molecular formula is C33H48O11. The van der Waals surface area contributed by atoms with Gasteiger partial charge in [-0.3, -0.25) is 19.2 Å². The minimum atomic E-state index is -2.05. The van der Waals surface area contributed by atoms with Crippen molar-refractivity contribution in [2.24, 2.45) is 11.8 Å². The van der Waals surface area contributed by atoms with Gasteiger partial charge in [0.05, 0.1) is 11.8 Å². The van der Waals surface area contributed by atoms with Crippen molar-refractivity contribution >= 4 is 29.8 Å². The van der Waals surface area contributed by atoms with E-state index in [-0.39, 0.29) is 19.3 Å². The summed E-state index contributed by atoms with van der Waals surface area (Å²) in [6, 6.07) is 0. The predicted octanol–water partition coefficient (Wildman–Crippen LogP) is 4.42. The standard InChI is InChI=1S/C33H48O11/c1-9-12-13-14-15-16-24(36)41-28-26-25(19(5)27(28)42-30(37)18(4)10-2)29-33(39,20(6)31(38)43-29)22(40-23(35)11-3)17-32(26,8)44-21(7)34/h10,20,22,26-29,39H,9,11-17H2,1-8H3/b18-10-/t20-,22-,26+,27-,28-,29-,32-,33+/m0/s1. The van der Waals surface area contributed by atoms with Crippen LogP contribution in [0.2, 0.25) is 0 Å². The van der Waals surface area contributed by atoms with Crippen LogP contribution in [-0.2, 0) is 47.7 Å². The van der Waals surface area contributed by atoms with Gasteiger partial charge in [-0.25, -0.2) is 4.79 Å². The molecule has 1 aliphatic heterocycles. The van der Waals surface area contributed by atoms with Crippen LogP contribution in [-0.4, -0.2) is 70.6 Å². The minimum absolute atomic E-state index is 0.00329. The fourth-order valence-corrected chi connectivity index (χ4v) is 6.71. The minimum Gasteiger partial charge on any atom is -0.459 e. The van der Waals surface area contributed by atoms with Crippen molar-refractivity contribution in [3.8, 4) is 0 Å². The molecule has 0 radical (unpaired) electrons. The van der Waals surface area contributed by atoms with Crippen molar-refractivity contribution in [2.75, 3.05) is 0 Å². The molecule has 0 bridgehead atoms. The number of allylic oxidation sites excluding steroid dienone is 1. The second kappa shape index (κ2) is 14.3. The van der Waals surface area contributed by atoms with E-state index in [0.717, 1.165) is 25.7 Å². The smallest absolute Gasteiger partial charge is 0.334 e. The van der Waals surface area contributed by atoms with Crippen LogP contribution in [0.3, 0.4) is 0 Å². The highest BCUT2D eigenvalue weighted by Gasteiger charge is 2.71. The average molecular weight is 621 g/mol. The summed E-state index contributed by atoms with van der Waals surface area (Å²) in [5, 5.41) is 12.3. The highest BCUT2D eigenvalue weighted by atomic mass is 16.6. The number of hydrogen-bond acceptors (Lipinski definition) is 11. The third-order valence-electron chi connectivity index (χ3n) is 9.27. The molecule has 1 N–H and O–H groups in total. The van der Waals surface area contributed by atoms with E-state index in [9.17, 15) is 29.1 Å². The molecule has 1 heterocycles. The number of rotatable bonds is 12. The van der Waals surface area contributed by atoms with Crippen molar-refractivity contribution in [2.45, 2.75) is 142 Å². The number of aliphatic hydroxyl groups is 1. The first-order chi connectivity index (χ1) is 20.7. The zero-order chi connectivity index (χ0) is 33.0. The van der Waals surface area contributed by atoms with E-state index in [2.05, 4.69) is 6.92 Å². The Kier molecular flexibility index (Phi) is 11.4. The Morgan fingerprint density at radius 3 is 2.27 bits per heavy atom. The van der Waals surface area contributed by atoms with E-state index in [1.807, 2.05) is 0 Å². The van der Waals surface area contributed by atoms with Gasteiger partial charge in [-0.15, -0.1) is 0 Å². The van der Waals surface area contributed by atoms with Gasteiger partial charge in [-0.05, 0) is 52.2 Å². The maximum atomic E-state index is 13.3. The third-order valence-corrected chi connectivity index (χ3v) is 9.27. The van der Waals surface area contributed by atoms with Gasteiger partial charge >= 0.3 is 29.8 Å². The number of unbranched alkanes of at least 4 members (excludes halogenated alkanes) is 4. The number of ether oxygens (including phenoxy) is 5. The Morgan fingerprint density at radius 1 is 1.02 bits per heavy atom. The largest absolute Gasteiger partial charge is 0.459 e. The van der Waals surface area contributed by atoms with Crippen LogP contribution in [0.5, 0.6) is 0 Å². The van der Waals surface area contributed by atoms with Gasteiger partial charge in [0.1, 0.15) is 11.7 Å². The lowest BCUT2D eigenvalue weighted by molar-refractivity contribution is -0.193. The molecule has 0 aromatic heterocycles. The van der Waals surface area contributed by atoms with Crippen molar-refractivity contribution in [3.63, 3.8) is 0 Å². The maximum Gasteiger partial charge on any atom is 0.334 e. The Balaban J connectivity index is 2.19. The second-order valence-electron chi connectivity index (χ2n) is 12.4. The van der Waals surface area contributed by atoms with E-state index >= 15 is 0 Å². The summed E-state index contributed by atoms with van der Waals surface area (Å²) in [5.74, 6) is -5.32. The first-order valence-electron chi connectivity index (χ1n) is 15.7. The zero-order valence-corrected chi connectivity index (χ0v) is 27.2. The molecule has 1 saturated carbocycles. The highest BCUT2D eigenvalue weighted by Crippen LogP contribution is 2.56. The Morgan fingerprint density at radius 2 is 1.68 bits per heavy atom. The van der Waals surface area contributed by atoms with E-state index in [4.69, 9.17) is 23.7 Å². The summed E-state index contributed by atoms with van der Waals surface area (Å²) < 4.78 is 29.5. The SMILES string of the molecule is C/C=C(/C)C(=O)O[C@H]1C(C)=C2[C@H]([C@@H]1OC(=O)CCCCCCC)[C@@](C)(OC(C)=O)C[C@H](OC(=O)CC)[C@]1(O)[C@@H](C)C(=O)O[C@@H]21. The van der Waals surface area contributed by atoms with Crippen molar-refractivity contribution in [3.05, 3.63) is 22.8 Å². The molecule has 3 aliphatic rings. The van der Waals surface area contributed by atoms with Gasteiger partial charge in [0.15, 0.2) is 23.9 Å². The zero-order valence-electron chi connectivity index (χ0n) is 27.2. The van der Waals surface area contributed by atoms with Crippen LogP contribution in [0.4, 0.5) is 0 Å². The fourth-order valence-electron chi connectivity index (χ4n) is 6.71. The molecule has 11 nitrogen and oxygen atoms in total. The Hall–Kier alpha value is -3.21. The molecule has 44 heavy (non-hydrogen) atoms. The molecule has 0 aromatic rings. The molecule has 8 atom stereocenters. The van der Waals surface area contributed by atoms with Crippen LogP contribution in [0.25, 0.3) is 0 Å². The van der Waals surface area contributed by atoms with Crippen molar-refractivity contribution in [1.82, 2.24) is 0 Å². The summed E-state index contributed by atoms with van der Waals surface area (Å²) in [4.78, 5) is 64.5. The van der Waals surface area contributed by atoms with Gasteiger partial charge in [0.25, 0.3) is 0 Å². The number of hydrogen-bond donors (Lipinski definition) is 1. The van der Waals surface area contributed by atoms with Crippen molar-refractivity contribution < 1.29 is 52.8 Å². The summed E-state index contributed by atoms with van der Waals surface area (Å²) in [6.07, 6.45) is 1.00. The molecule has 2 fully saturated rings. The molecule has 11 heteroatoms. The molecule has 3 rings (SSSR count). The van der Waals surface area contributed by atoms with Gasteiger partial charge < -0.3 is 28.8 Å². The molecule has 0 spiro atoms. The topological polar surface area (TPSA) is 152 Å². The quantitative estimate of drug-likeness (QED) is 0.108. The number of fused-ring (bicyclic) bond motifs is 3. The number of carbonyl (C=O) groups excluding carboxylic acids is 5. The molecule has 0 amide bonds. The number of esters is 5. The van der Waals surface area contributed by atoms with Crippen LogP contribution in [0.1, 0.15) is 107 Å². The highest BCUT2D eigenvalue weighted by molar-refractivity contribution is 5.88. The van der Waals surface area contributed by atoms with Gasteiger partial charge in [0, 0.05) is 31.8 Å². The molecule has 0 aromatic carbocycles. The first kappa shape index (κ1) is 35.3. The van der Waals surface area contributed by atoms with Gasteiger partial charge in [0.2, 0.25) is 0 Å². The molecular weight excluding hydrogens is 572 g/mol. The fraction of sp³-hybridized carbons (Fsp3) is 0.727. The summed E-state index contributed by atoms with van der Waals surface area (Å²) in [7, 11) is 0. The maximum absolute atomic E-state index is 13.3. The lowest BCUT2D eigenvalue weighted by Crippen LogP contribution is -2.56. The van der Waals surface area contributed by atoms with Crippen LogP contribution < -0.4 is 0 Å². The number of carbonyl (C=O) groups is 5. The average Bonchev–Trinajstić information content (AvgIpc) is 3.33. The van der Waals surface area contributed by atoms with E-state index < -0.39 is 77.3 Å². The lowest BCUT2D eigenvalue weighted by Gasteiger charge is -2.40. The normalized spacial score (nSPS) is 33.1. The molecule has 0 unspecified atom stereocenters. The summed E-state index contributed by atoms with van der Waals surface area (Å²) in [6.45, 7) is 12.9. The van der Waals surface area contributed by atoms with Gasteiger partial charge in [-0.2, -0.15) is 0 Å². The monoisotopic (exact) mass is 620 g/mol. The van der Waals surface area contributed by atoms with Gasteiger partial charge in [-0.1, -0.05) is 45.6 Å². The summed E-state index contributed by atoms with van der Waals surface area (Å²) in [5.41, 5.74) is -2.58. The van der Waals surface area contributed by atoms with E-state index in [1.165, 1.54) is 13.8 Å².